The van der Waals surface area contributed by atoms with Crippen molar-refractivity contribution in [3.05, 3.63) is 41.4 Å². The van der Waals surface area contributed by atoms with Crippen LogP contribution in [0.1, 0.15) is 50.8 Å². The average Bonchev–Trinajstić information content (AvgIpc) is 3.15. The van der Waals surface area contributed by atoms with Gasteiger partial charge in [0.1, 0.15) is 0 Å². The first-order valence-corrected chi connectivity index (χ1v) is 10.1. The van der Waals surface area contributed by atoms with Crippen LogP contribution >= 0.6 is 11.6 Å². The molecule has 0 radical (unpaired) electrons. The summed E-state index contributed by atoms with van der Waals surface area (Å²) in [7, 11) is 0. The maximum Gasteiger partial charge on any atom is 0.223 e. The molecule has 1 saturated heterocycles. The number of piperidine rings is 1. The Bertz CT molecular complexity index is 754. The summed E-state index contributed by atoms with van der Waals surface area (Å²) in [5, 5.41) is 0.696. The Hall–Kier alpha value is -1.81. The number of carbonyl (C=O) groups is 1. The van der Waals surface area contributed by atoms with Gasteiger partial charge < -0.3 is 9.32 Å². The average molecular weight is 373 g/mol. The van der Waals surface area contributed by atoms with E-state index in [-0.39, 0.29) is 5.91 Å². The van der Waals surface area contributed by atoms with Crippen LogP contribution in [0.5, 0.6) is 0 Å². The van der Waals surface area contributed by atoms with E-state index in [0.717, 1.165) is 30.2 Å². The lowest BCUT2D eigenvalue weighted by Crippen LogP contribution is -2.49. The third-order valence-electron chi connectivity index (χ3n) is 5.80. The Morgan fingerprint density at radius 3 is 2.77 bits per heavy atom. The van der Waals surface area contributed by atoms with Gasteiger partial charge in [-0.15, -0.1) is 0 Å². The summed E-state index contributed by atoms with van der Waals surface area (Å²) in [5.74, 6) is 2.32. The maximum atomic E-state index is 12.8. The predicted octanol–water partition coefficient (Wildman–Crippen LogP) is 5.11. The quantitative estimate of drug-likeness (QED) is 0.749. The number of fused-ring (bicyclic) bond motifs is 1. The van der Waals surface area contributed by atoms with Crippen molar-refractivity contribution in [2.24, 2.45) is 5.92 Å². The number of oxazole rings is 1. The highest BCUT2D eigenvalue weighted by molar-refractivity contribution is 6.30. The van der Waals surface area contributed by atoms with Crippen LogP contribution in [0.25, 0.3) is 11.3 Å². The minimum absolute atomic E-state index is 0.257. The fourth-order valence-corrected chi connectivity index (χ4v) is 4.59. The van der Waals surface area contributed by atoms with Crippen molar-refractivity contribution in [1.29, 1.82) is 0 Å². The van der Waals surface area contributed by atoms with Crippen molar-refractivity contribution in [1.82, 2.24) is 9.88 Å². The molecule has 2 heterocycles. The topological polar surface area (TPSA) is 46.3 Å². The van der Waals surface area contributed by atoms with E-state index < -0.39 is 0 Å². The van der Waals surface area contributed by atoms with E-state index >= 15 is 0 Å². The third-order valence-corrected chi connectivity index (χ3v) is 6.05. The van der Waals surface area contributed by atoms with Gasteiger partial charge in [-0.2, -0.15) is 0 Å². The summed E-state index contributed by atoms with van der Waals surface area (Å²) in [6, 6.07) is 7.96. The molecule has 26 heavy (non-hydrogen) atoms. The fraction of sp³-hybridized carbons (Fsp3) is 0.524. The number of benzene rings is 1. The first-order valence-electron chi connectivity index (χ1n) is 9.71. The predicted molar refractivity (Wildman–Crippen MR) is 102 cm³/mol. The molecule has 138 valence electrons. The van der Waals surface area contributed by atoms with Crippen LogP contribution in [-0.4, -0.2) is 28.4 Å². The molecule has 0 N–H and O–H groups in total. The molecule has 2 aliphatic rings. The van der Waals surface area contributed by atoms with Crippen molar-refractivity contribution in [2.75, 3.05) is 6.54 Å². The molecule has 4 nitrogen and oxygen atoms in total. The van der Waals surface area contributed by atoms with E-state index in [4.69, 9.17) is 16.0 Å². The van der Waals surface area contributed by atoms with Gasteiger partial charge in [0.2, 0.25) is 5.91 Å². The van der Waals surface area contributed by atoms with Gasteiger partial charge >= 0.3 is 0 Å². The Balaban J connectivity index is 1.36. The molecular weight excluding hydrogens is 348 g/mol. The lowest BCUT2D eigenvalue weighted by molar-refractivity contribution is -0.137. The zero-order valence-corrected chi connectivity index (χ0v) is 15.8. The van der Waals surface area contributed by atoms with E-state index in [1.54, 1.807) is 6.20 Å². The Morgan fingerprint density at radius 1 is 1.15 bits per heavy atom. The Labute approximate surface area is 159 Å². The van der Waals surface area contributed by atoms with Crippen molar-refractivity contribution in [2.45, 2.75) is 57.4 Å². The summed E-state index contributed by atoms with van der Waals surface area (Å²) in [6.07, 6.45) is 10.2. The molecule has 1 aliphatic heterocycles. The molecule has 1 aromatic heterocycles. The standard InChI is InChI=1S/C21H25ClN2O2/c22-17-9-7-16(8-10-17)19-14-23-20(26-19)11-12-21(25)24-13-3-5-15-4-1-2-6-18(15)24/h7-10,14-15,18H,1-6,11-13H2. The van der Waals surface area contributed by atoms with Crippen molar-refractivity contribution < 1.29 is 9.21 Å². The zero-order chi connectivity index (χ0) is 17.9. The van der Waals surface area contributed by atoms with Crippen molar-refractivity contribution >= 4 is 17.5 Å². The van der Waals surface area contributed by atoms with Crippen molar-refractivity contribution in [3.63, 3.8) is 0 Å². The first-order chi connectivity index (χ1) is 12.7. The number of aromatic nitrogens is 1. The molecule has 0 spiro atoms. The number of nitrogens with zero attached hydrogens (tertiary/aromatic N) is 2. The fourth-order valence-electron chi connectivity index (χ4n) is 4.47. The summed E-state index contributed by atoms with van der Waals surface area (Å²) in [5.41, 5.74) is 0.945. The highest BCUT2D eigenvalue weighted by Crippen LogP contribution is 2.35. The highest BCUT2D eigenvalue weighted by atomic mass is 35.5. The smallest absolute Gasteiger partial charge is 0.223 e. The molecular formula is C21H25ClN2O2. The minimum Gasteiger partial charge on any atom is -0.441 e. The monoisotopic (exact) mass is 372 g/mol. The molecule has 1 aliphatic carbocycles. The van der Waals surface area contributed by atoms with Crippen LogP contribution in [0.2, 0.25) is 5.02 Å². The molecule has 4 rings (SSSR count). The molecule has 1 aromatic carbocycles. The van der Waals surface area contributed by atoms with Gasteiger partial charge in [0.05, 0.1) is 6.20 Å². The number of amides is 1. The van der Waals surface area contributed by atoms with E-state index in [0.29, 0.717) is 29.8 Å². The van der Waals surface area contributed by atoms with Gasteiger partial charge in [0, 0.05) is 36.0 Å². The molecule has 2 unspecified atom stereocenters. The number of hydrogen-bond acceptors (Lipinski definition) is 3. The highest BCUT2D eigenvalue weighted by Gasteiger charge is 2.35. The van der Waals surface area contributed by atoms with Crippen LogP contribution in [0, 0.1) is 5.92 Å². The maximum absolute atomic E-state index is 12.8. The normalized spacial score (nSPS) is 22.9. The Morgan fingerprint density at radius 2 is 1.92 bits per heavy atom. The van der Waals surface area contributed by atoms with Gasteiger partial charge in [0.25, 0.3) is 0 Å². The zero-order valence-electron chi connectivity index (χ0n) is 15.0. The van der Waals surface area contributed by atoms with Crippen molar-refractivity contribution in [3.8, 4) is 11.3 Å². The molecule has 5 heteroatoms. The van der Waals surface area contributed by atoms with Crippen LogP contribution in [0.4, 0.5) is 0 Å². The number of hydrogen-bond donors (Lipinski definition) is 0. The SMILES string of the molecule is O=C(CCc1ncc(-c2ccc(Cl)cc2)o1)N1CCCC2CCCCC21. The van der Waals surface area contributed by atoms with Crippen LogP contribution in [0.15, 0.2) is 34.9 Å². The Kier molecular flexibility index (Phi) is 5.30. The lowest BCUT2D eigenvalue weighted by atomic mass is 9.78. The second-order valence-electron chi connectivity index (χ2n) is 7.47. The second-order valence-corrected chi connectivity index (χ2v) is 7.90. The molecule has 0 bridgehead atoms. The molecule has 2 fully saturated rings. The van der Waals surface area contributed by atoms with E-state index in [1.807, 2.05) is 24.3 Å². The molecule has 1 saturated carbocycles. The van der Waals surface area contributed by atoms with E-state index in [1.165, 1.54) is 32.1 Å². The molecule has 2 aromatic rings. The largest absolute Gasteiger partial charge is 0.441 e. The van der Waals surface area contributed by atoms with Crippen LogP contribution < -0.4 is 0 Å². The van der Waals surface area contributed by atoms with Gasteiger partial charge in [-0.05, 0) is 55.9 Å². The number of likely N-dealkylation sites (tertiary alicyclic amines) is 1. The second kappa shape index (κ2) is 7.83. The lowest BCUT2D eigenvalue weighted by Gasteiger charge is -2.44. The third kappa shape index (κ3) is 3.80. The summed E-state index contributed by atoms with van der Waals surface area (Å²) < 4.78 is 5.83. The summed E-state index contributed by atoms with van der Waals surface area (Å²) in [6.45, 7) is 0.918. The first kappa shape index (κ1) is 17.6. The van der Waals surface area contributed by atoms with Gasteiger partial charge in [-0.25, -0.2) is 4.98 Å². The number of halogens is 1. The molecule has 2 atom stereocenters. The van der Waals surface area contributed by atoms with Gasteiger partial charge in [-0.3, -0.25) is 4.79 Å². The van der Waals surface area contributed by atoms with Gasteiger partial charge in [0.15, 0.2) is 11.7 Å². The summed E-state index contributed by atoms with van der Waals surface area (Å²) >= 11 is 5.92. The van der Waals surface area contributed by atoms with Crippen LogP contribution in [0.3, 0.4) is 0 Å². The minimum atomic E-state index is 0.257. The molecule has 1 amide bonds. The number of rotatable bonds is 4. The van der Waals surface area contributed by atoms with Crippen LogP contribution in [-0.2, 0) is 11.2 Å². The summed E-state index contributed by atoms with van der Waals surface area (Å²) in [4.78, 5) is 19.3. The number of aryl methyl sites for hydroxylation is 1. The van der Waals surface area contributed by atoms with E-state index in [2.05, 4.69) is 9.88 Å². The van der Waals surface area contributed by atoms with E-state index in [9.17, 15) is 4.79 Å². The number of carbonyl (C=O) groups excluding carboxylic acids is 1. The van der Waals surface area contributed by atoms with Gasteiger partial charge in [-0.1, -0.05) is 24.4 Å².